The number of hydrogen-bond donors (Lipinski definition) is 0. The van der Waals surface area contributed by atoms with Gasteiger partial charge in [0.25, 0.3) is 0 Å². The summed E-state index contributed by atoms with van der Waals surface area (Å²) in [4.78, 5) is 19.8. The molecular weight excluding hydrogens is 328 g/mol. The van der Waals surface area contributed by atoms with Crippen LogP contribution in [0.1, 0.15) is 15.9 Å². The fourth-order valence-electron chi connectivity index (χ4n) is 2.50. The highest BCUT2D eigenvalue weighted by molar-refractivity contribution is 7.21. The summed E-state index contributed by atoms with van der Waals surface area (Å²) in [6.45, 7) is 0. The summed E-state index contributed by atoms with van der Waals surface area (Å²) in [7, 11) is 0. The number of aliphatic imine (C=N–C) groups is 1. The fraction of sp³-hybridized carbons (Fsp3) is 0. The van der Waals surface area contributed by atoms with Gasteiger partial charge in [0, 0.05) is 17.3 Å². The molecule has 0 atom stereocenters. The van der Waals surface area contributed by atoms with E-state index in [4.69, 9.17) is 0 Å². The maximum Gasteiger partial charge on any atom is 0.150 e. The van der Waals surface area contributed by atoms with Gasteiger partial charge in [-0.25, -0.2) is 4.98 Å². The third kappa shape index (κ3) is 3.39. The van der Waals surface area contributed by atoms with Crippen molar-refractivity contribution in [3.63, 3.8) is 0 Å². The summed E-state index contributed by atoms with van der Waals surface area (Å²) in [5.74, 6) is 0. The quantitative estimate of drug-likeness (QED) is 0.362. The molecule has 0 saturated heterocycles. The summed E-state index contributed by atoms with van der Waals surface area (Å²) in [6, 6.07) is 23.5. The molecule has 120 valence electrons. The van der Waals surface area contributed by atoms with E-state index in [1.807, 2.05) is 54.6 Å². The van der Waals surface area contributed by atoms with E-state index in [2.05, 4.69) is 16.0 Å². The molecule has 0 N–H and O–H groups in total. The average molecular weight is 342 g/mol. The van der Waals surface area contributed by atoms with E-state index >= 15 is 0 Å². The normalized spacial score (nSPS) is 11.2. The van der Waals surface area contributed by atoms with Crippen molar-refractivity contribution in [3.05, 3.63) is 83.9 Å². The zero-order chi connectivity index (χ0) is 17.1. The van der Waals surface area contributed by atoms with E-state index in [1.165, 1.54) is 4.70 Å². The number of fused-ring (bicyclic) bond motifs is 1. The van der Waals surface area contributed by atoms with Crippen LogP contribution in [-0.4, -0.2) is 17.5 Å². The molecule has 0 amide bonds. The van der Waals surface area contributed by atoms with Gasteiger partial charge in [0.15, 0.2) is 0 Å². The van der Waals surface area contributed by atoms with Crippen LogP contribution in [0.3, 0.4) is 0 Å². The van der Waals surface area contributed by atoms with Gasteiger partial charge in [-0.15, -0.1) is 11.3 Å². The Hall–Kier alpha value is -3.11. The summed E-state index contributed by atoms with van der Waals surface area (Å²) in [5.41, 5.74) is 4.63. The van der Waals surface area contributed by atoms with Crippen LogP contribution in [0.4, 0.5) is 5.69 Å². The van der Waals surface area contributed by atoms with Gasteiger partial charge in [-0.2, -0.15) is 0 Å². The second kappa shape index (κ2) is 6.79. The lowest BCUT2D eigenvalue weighted by Crippen LogP contribution is -1.83. The molecule has 0 aliphatic carbocycles. The topological polar surface area (TPSA) is 42.3 Å². The SMILES string of the molecule is O=Cc1ccc(C=Nc2ccc(-c3nc4ccccc4s3)cc2)cc1. The van der Waals surface area contributed by atoms with E-state index < -0.39 is 0 Å². The molecule has 0 radical (unpaired) electrons. The number of thiazole rings is 1. The Bertz CT molecular complexity index is 1010. The van der Waals surface area contributed by atoms with Crippen molar-refractivity contribution in [2.24, 2.45) is 4.99 Å². The van der Waals surface area contributed by atoms with Crippen LogP contribution >= 0.6 is 11.3 Å². The molecule has 4 aromatic rings. The number of nitrogens with zero attached hydrogens (tertiary/aromatic N) is 2. The van der Waals surface area contributed by atoms with E-state index in [0.717, 1.165) is 33.6 Å². The first kappa shape index (κ1) is 15.4. The lowest BCUT2D eigenvalue weighted by atomic mass is 10.1. The smallest absolute Gasteiger partial charge is 0.150 e. The highest BCUT2D eigenvalue weighted by Crippen LogP contribution is 2.30. The van der Waals surface area contributed by atoms with E-state index in [9.17, 15) is 4.79 Å². The second-order valence-electron chi connectivity index (χ2n) is 5.58. The van der Waals surface area contributed by atoms with E-state index in [1.54, 1.807) is 29.7 Å². The van der Waals surface area contributed by atoms with Gasteiger partial charge in [-0.3, -0.25) is 9.79 Å². The minimum absolute atomic E-state index is 0.664. The van der Waals surface area contributed by atoms with Crippen LogP contribution in [-0.2, 0) is 0 Å². The summed E-state index contributed by atoms with van der Waals surface area (Å²) in [6.07, 6.45) is 2.63. The first-order valence-electron chi connectivity index (χ1n) is 7.87. The second-order valence-corrected chi connectivity index (χ2v) is 6.61. The molecule has 4 heteroatoms. The Balaban J connectivity index is 1.54. The molecule has 0 fully saturated rings. The molecule has 0 unspecified atom stereocenters. The lowest BCUT2D eigenvalue weighted by molar-refractivity contribution is 0.112. The van der Waals surface area contributed by atoms with Gasteiger partial charge in [-0.1, -0.05) is 36.4 Å². The first-order valence-corrected chi connectivity index (χ1v) is 8.69. The minimum atomic E-state index is 0.664. The predicted octanol–water partition coefficient (Wildman–Crippen LogP) is 5.53. The molecule has 25 heavy (non-hydrogen) atoms. The molecule has 4 rings (SSSR count). The number of carbonyl (C=O) groups is 1. The van der Waals surface area contributed by atoms with Gasteiger partial charge >= 0.3 is 0 Å². The first-order chi connectivity index (χ1) is 12.3. The van der Waals surface area contributed by atoms with Crippen LogP contribution in [0.15, 0.2) is 77.8 Å². The van der Waals surface area contributed by atoms with Crippen molar-refractivity contribution in [2.45, 2.75) is 0 Å². The van der Waals surface area contributed by atoms with Crippen molar-refractivity contribution in [1.82, 2.24) is 4.98 Å². The number of benzene rings is 3. The van der Waals surface area contributed by atoms with Gasteiger partial charge in [-0.05, 0) is 42.0 Å². The zero-order valence-corrected chi connectivity index (χ0v) is 14.1. The number of rotatable bonds is 4. The summed E-state index contributed by atoms with van der Waals surface area (Å²) < 4.78 is 1.19. The number of para-hydroxylation sites is 1. The van der Waals surface area contributed by atoms with Crippen molar-refractivity contribution in [2.75, 3.05) is 0 Å². The fourth-order valence-corrected chi connectivity index (χ4v) is 3.47. The monoisotopic (exact) mass is 342 g/mol. The highest BCUT2D eigenvalue weighted by Gasteiger charge is 2.05. The van der Waals surface area contributed by atoms with Gasteiger partial charge < -0.3 is 0 Å². The molecule has 0 aliphatic heterocycles. The average Bonchev–Trinajstić information content (AvgIpc) is 3.11. The van der Waals surface area contributed by atoms with Gasteiger partial charge in [0.2, 0.25) is 0 Å². The van der Waals surface area contributed by atoms with Crippen molar-refractivity contribution in [1.29, 1.82) is 0 Å². The molecule has 1 aromatic heterocycles. The highest BCUT2D eigenvalue weighted by atomic mass is 32.1. The van der Waals surface area contributed by atoms with Crippen LogP contribution in [0.2, 0.25) is 0 Å². The Kier molecular flexibility index (Phi) is 4.19. The number of hydrogen-bond acceptors (Lipinski definition) is 4. The van der Waals surface area contributed by atoms with Crippen LogP contribution in [0.25, 0.3) is 20.8 Å². The predicted molar refractivity (Wildman–Crippen MR) is 104 cm³/mol. The largest absolute Gasteiger partial charge is 0.298 e. The van der Waals surface area contributed by atoms with E-state index in [0.29, 0.717) is 5.56 Å². The van der Waals surface area contributed by atoms with Gasteiger partial charge in [0.1, 0.15) is 11.3 Å². The molecule has 3 nitrogen and oxygen atoms in total. The molecule has 0 saturated carbocycles. The number of aromatic nitrogens is 1. The van der Waals surface area contributed by atoms with Gasteiger partial charge in [0.05, 0.1) is 15.9 Å². The standard InChI is InChI=1S/C21H14N2OS/c24-14-16-7-5-15(6-8-16)13-22-18-11-9-17(10-12-18)21-23-19-3-1-2-4-20(19)25-21/h1-14H. The Morgan fingerprint density at radius 2 is 1.56 bits per heavy atom. The molecule has 0 bridgehead atoms. The molecular formula is C21H14N2OS. The Morgan fingerprint density at radius 3 is 2.28 bits per heavy atom. The number of aldehydes is 1. The zero-order valence-electron chi connectivity index (χ0n) is 13.3. The summed E-state index contributed by atoms with van der Waals surface area (Å²) in [5, 5.41) is 1.01. The molecule has 1 heterocycles. The third-order valence-electron chi connectivity index (χ3n) is 3.84. The number of carbonyl (C=O) groups excluding carboxylic acids is 1. The maximum atomic E-state index is 10.7. The van der Waals surface area contributed by atoms with Crippen LogP contribution in [0, 0.1) is 0 Å². The molecule has 3 aromatic carbocycles. The molecule has 0 spiro atoms. The lowest BCUT2D eigenvalue weighted by Gasteiger charge is -1.98. The van der Waals surface area contributed by atoms with Crippen LogP contribution < -0.4 is 0 Å². The Morgan fingerprint density at radius 1 is 0.840 bits per heavy atom. The van der Waals surface area contributed by atoms with Crippen molar-refractivity contribution >= 4 is 39.7 Å². The maximum absolute atomic E-state index is 10.7. The van der Waals surface area contributed by atoms with Crippen molar-refractivity contribution in [3.8, 4) is 10.6 Å². The van der Waals surface area contributed by atoms with Crippen molar-refractivity contribution < 1.29 is 4.79 Å². The van der Waals surface area contributed by atoms with Crippen LogP contribution in [0.5, 0.6) is 0 Å². The Labute approximate surface area is 149 Å². The van der Waals surface area contributed by atoms with E-state index in [-0.39, 0.29) is 0 Å². The summed E-state index contributed by atoms with van der Waals surface area (Å²) >= 11 is 1.69. The minimum Gasteiger partial charge on any atom is -0.298 e. The third-order valence-corrected chi connectivity index (χ3v) is 4.93. The molecule has 0 aliphatic rings.